The molecule has 0 heterocycles. The minimum atomic E-state index is -0.909. The number of carbonyl (C=O) groups excluding carboxylic acids is 1. The topological polar surface area (TPSA) is 40.1 Å². The van der Waals surface area contributed by atoms with E-state index in [1.807, 2.05) is 0 Å². The van der Waals surface area contributed by atoms with Crippen LogP contribution in [0.2, 0.25) is 8.87 Å². The minimum absolute atomic E-state index is 0.104. The first-order valence-corrected chi connectivity index (χ1v) is 16.1. The summed E-state index contributed by atoms with van der Waals surface area (Å²) in [7, 11) is 0. The molecule has 0 N–H and O–H groups in total. The third-order valence-electron chi connectivity index (χ3n) is 4.90. The predicted octanol–water partition coefficient (Wildman–Crippen LogP) is 7.35. The van der Waals surface area contributed by atoms with Crippen molar-refractivity contribution in [3.63, 3.8) is 0 Å². The van der Waals surface area contributed by atoms with E-state index in [-0.39, 0.29) is 27.6 Å². The third-order valence-corrected chi connectivity index (χ3v) is 8.93. The first kappa shape index (κ1) is 29.5. The fourth-order valence-corrected chi connectivity index (χ4v) is 6.63. The summed E-state index contributed by atoms with van der Waals surface area (Å²) >= 11 is 0.104. The van der Waals surface area contributed by atoms with E-state index in [0.717, 1.165) is 12.8 Å². The van der Waals surface area contributed by atoms with Crippen molar-refractivity contribution in [3.8, 4) is 0 Å². The molecule has 1 radical (unpaired) electrons. The van der Waals surface area contributed by atoms with Crippen molar-refractivity contribution in [2.75, 3.05) is 0 Å². The second-order valence-electron chi connectivity index (χ2n) is 7.82. The van der Waals surface area contributed by atoms with Gasteiger partial charge < -0.3 is 9.90 Å². The molecule has 3 heteroatoms. The molecular formula is C24H49O2Sn. The van der Waals surface area contributed by atoms with Gasteiger partial charge in [-0.2, -0.15) is 0 Å². The van der Waals surface area contributed by atoms with Crippen LogP contribution in [0.4, 0.5) is 0 Å². The van der Waals surface area contributed by atoms with E-state index in [0.29, 0.717) is 0 Å². The summed E-state index contributed by atoms with van der Waals surface area (Å²) in [6.07, 6.45) is 23.0. The molecule has 0 saturated heterocycles. The Morgan fingerprint density at radius 3 is 1.26 bits per heavy atom. The summed E-state index contributed by atoms with van der Waals surface area (Å²) in [6.45, 7) is 6.81. The standard InChI is InChI=1S/C12H24O2.2C6H13.Sn/c1-2-3-4-5-6-7-8-9-10-11-12(13)14;2*1-3-5-6-4-2;/h2-11H2,1H3,(H,13,14);2*1,3-6H2,2H3;/q;;;+1/p-1. The molecule has 0 aliphatic heterocycles. The molecule has 0 aromatic rings. The number of hydrogen-bond donors (Lipinski definition) is 0. The second-order valence-corrected chi connectivity index (χ2v) is 12.1. The second kappa shape index (κ2) is 28.5. The van der Waals surface area contributed by atoms with Gasteiger partial charge >= 0.3 is 95.2 Å². The molecule has 161 valence electrons. The van der Waals surface area contributed by atoms with E-state index in [4.69, 9.17) is 0 Å². The summed E-state index contributed by atoms with van der Waals surface area (Å²) < 4.78 is 3.30. The van der Waals surface area contributed by atoms with Crippen molar-refractivity contribution in [2.45, 2.75) is 145 Å². The molecular weight excluding hydrogens is 439 g/mol. The van der Waals surface area contributed by atoms with Gasteiger partial charge in [-0.05, 0) is 12.8 Å². The van der Waals surface area contributed by atoms with Crippen molar-refractivity contribution in [3.05, 3.63) is 0 Å². The van der Waals surface area contributed by atoms with E-state index in [1.165, 1.54) is 83.5 Å². The fraction of sp³-hybridized carbons (Fsp3) is 0.958. The first-order chi connectivity index (χ1) is 13.2. The molecule has 0 aromatic carbocycles. The molecule has 27 heavy (non-hydrogen) atoms. The summed E-state index contributed by atoms with van der Waals surface area (Å²) in [4.78, 5) is 10.1. The van der Waals surface area contributed by atoms with Crippen LogP contribution in [0.3, 0.4) is 0 Å². The first-order valence-electron chi connectivity index (χ1n) is 12.1. The van der Waals surface area contributed by atoms with Crippen LogP contribution < -0.4 is 5.11 Å². The quantitative estimate of drug-likeness (QED) is 0.133. The average Bonchev–Trinajstić information content (AvgIpc) is 2.66. The van der Waals surface area contributed by atoms with Gasteiger partial charge in [0.1, 0.15) is 0 Å². The van der Waals surface area contributed by atoms with E-state index < -0.39 is 5.97 Å². The SMILES string of the molecule is CCCCCCCCCCCC(=O)[O-].CCCCC[CH2][Sn+][CH2]CCCCC. The van der Waals surface area contributed by atoms with Gasteiger partial charge in [-0.15, -0.1) is 0 Å². The normalized spacial score (nSPS) is 10.3. The molecule has 0 atom stereocenters. The van der Waals surface area contributed by atoms with E-state index >= 15 is 0 Å². The third kappa shape index (κ3) is 34.2. The summed E-state index contributed by atoms with van der Waals surface area (Å²) in [5.74, 6) is -0.909. The van der Waals surface area contributed by atoms with Crippen molar-refractivity contribution < 1.29 is 9.90 Å². The zero-order valence-corrected chi connectivity index (χ0v) is 21.8. The fourth-order valence-electron chi connectivity index (χ4n) is 3.06. The number of carboxylic acid groups (broad SMARTS) is 1. The monoisotopic (exact) mass is 489 g/mol. The molecule has 0 amide bonds. The van der Waals surface area contributed by atoms with Crippen LogP contribution in [0.25, 0.3) is 0 Å². The summed E-state index contributed by atoms with van der Waals surface area (Å²) in [5, 5.41) is 10.1. The van der Waals surface area contributed by atoms with E-state index in [2.05, 4.69) is 20.8 Å². The van der Waals surface area contributed by atoms with E-state index in [9.17, 15) is 9.90 Å². The van der Waals surface area contributed by atoms with Gasteiger partial charge in [0, 0.05) is 5.97 Å². The van der Waals surface area contributed by atoms with Crippen molar-refractivity contribution >= 4 is 27.1 Å². The Morgan fingerprint density at radius 1 is 0.556 bits per heavy atom. The van der Waals surface area contributed by atoms with Gasteiger partial charge in [-0.25, -0.2) is 0 Å². The van der Waals surface area contributed by atoms with Crippen LogP contribution in [-0.4, -0.2) is 27.1 Å². The maximum absolute atomic E-state index is 10.1. The van der Waals surface area contributed by atoms with Gasteiger partial charge in [0.15, 0.2) is 0 Å². The summed E-state index contributed by atoms with van der Waals surface area (Å²) in [6, 6.07) is 0. The number of carbonyl (C=O) groups is 1. The van der Waals surface area contributed by atoms with Gasteiger partial charge in [0.2, 0.25) is 0 Å². The zero-order valence-electron chi connectivity index (χ0n) is 19.0. The Labute approximate surface area is 181 Å². The predicted molar refractivity (Wildman–Crippen MR) is 121 cm³/mol. The van der Waals surface area contributed by atoms with Crippen molar-refractivity contribution in [2.24, 2.45) is 0 Å². The van der Waals surface area contributed by atoms with Crippen LogP contribution in [-0.2, 0) is 4.79 Å². The number of unbranched alkanes of at least 4 members (excludes halogenated alkanes) is 14. The number of hydrogen-bond acceptors (Lipinski definition) is 2. The van der Waals surface area contributed by atoms with Crippen LogP contribution in [0.15, 0.2) is 0 Å². The molecule has 0 spiro atoms. The van der Waals surface area contributed by atoms with Crippen LogP contribution in [0.5, 0.6) is 0 Å². The zero-order chi connectivity index (χ0) is 20.4. The molecule has 0 aliphatic rings. The van der Waals surface area contributed by atoms with Crippen LogP contribution >= 0.6 is 0 Å². The van der Waals surface area contributed by atoms with Crippen molar-refractivity contribution in [1.29, 1.82) is 0 Å². The number of rotatable bonds is 20. The molecule has 0 unspecified atom stereocenters. The Hall–Kier alpha value is 0.269. The molecule has 2 nitrogen and oxygen atoms in total. The van der Waals surface area contributed by atoms with Gasteiger partial charge in [0.25, 0.3) is 0 Å². The van der Waals surface area contributed by atoms with Crippen LogP contribution in [0.1, 0.15) is 136 Å². The number of aliphatic carboxylic acids is 1. The maximum atomic E-state index is 10.1. The van der Waals surface area contributed by atoms with Crippen LogP contribution in [0, 0.1) is 0 Å². The van der Waals surface area contributed by atoms with Gasteiger partial charge in [-0.3, -0.25) is 0 Å². The molecule has 0 fully saturated rings. The van der Waals surface area contributed by atoms with E-state index in [1.54, 1.807) is 21.7 Å². The number of carboxylic acids is 1. The molecule has 0 saturated carbocycles. The summed E-state index contributed by atoms with van der Waals surface area (Å²) in [5.41, 5.74) is 0. The average molecular weight is 488 g/mol. The Bertz CT molecular complexity index is 259. The van der Waals surface area contributed by atoms with Crippen molar-refractivity contribution in [1.82, 2.24) is 0 Å². The molecule has 0 aromatic heterocycles. The Kier molecular flexibility index (Phi) is 31.1. The molecule has 0 bridgehead atoms. The Morgan fingerprint density at radius 2 is 0.889 bits per heavy atom. The molecule has 0 rings (SSSR count). The molecule has 0 aliphatic carbocycles. The van der Waals surface area contributed by atoms with Gasteiger partial charge in [-0.1, -0.05) is 58.3 Å². The van der Waals surface area contributed by atoms with Gasteiger partial charge in [0.05, 0.1) is 0 Å². The Balaban J connectivity index is 0.